The maximum absolute atomic E-state index is 5.25. The summed E-state index contributed by atoms with van der Waals surface area (Å²) in [7, 11) is 1.69. The highest BCUT2D eigenvalue weighted by molar-refractivity contribution is 5.97. The molecule has 0 saturated carbocycles. The minimum Gasteiger partial charge on any atom is -0.497 e. The first-order chi connectivity index (χ1) is 11.4. The highest BCUT2D eigenvalue weighted by atomic mass is 16.5. The number of aromatic nitrogens is 1. The predicted molar refractivity (Wildman–Crippen MR) is 94.1 cm³/mol. The van der Waals surface area contributed by atoms with Crippen LogP contribution in [0.25, 0.3) is 27.7 Å². The lowest BCUT2D eigenvalue weighted by molar-refractivity contribution is 0.415. The maximum atomic E-state index is 5.25. The number of methoxy groups -OCH3 is 1. The van der Waals surface area contributed by atoms with Gasteiger partial charge in [-0.1, -0.05) is 42.5 Å². The lowest BCUT2D eigenvalue weighted by Crippen LogP contribution is -1.91. The normalized spacial score (nSPS) is 10.8. The second-order valence-electron chi connectivity index (χ2n) is 5.42. The summed E-state index contributed by atoms with van der Waals surface area (Å²) in [5, 5.41) is 1.24. The molecular formula is C21H16NO. The Kier molecular flexibility index (Phi) is 3.35. The maximum Gasteiger partial charge on any atom is 0.119 e. The monoisotopic (exact) mass is 298 g/mol. The van der Waals surface area contributed by atoms with E-state index in [2.05, 4.69) is 65.4 Å². The van der Waals surface area contributed by atoms with Crippen LogP contribution in [0.3, 0.4) is 0 Å². The molecule has 3 aromatic carbocycles. The number of benzene rings is 3. The Balaban J connectivity index is 1.93. The van der Waals surface area contributed by atoms with Crippen LogP contribution < -0.4 is 4.74 Å². The largest absolute Gasteiger partial charge is 0.497 e. The first kappa shape index (κ1) is 13.6. The molecule has 4 rings (SSSR count). The second kappa shape index (κ2) is 5.65. The van der Waals surface area contributed by atoms with Crippen molar-refractivity contribution in [2.75, 3.05) is 7.11 Å². The van der Waals surface area contributed by atoms with Crippen LogP contribution in [0.15, 0.2) is 79.0 Å². The third-order valence-corrected chi connectivity index (χ3v) is 4.09. The van der Waals surface area contributed by atoms with E-state index in [-0.39, 0.29) is 0 Å². The van der Waals surface area contributed by atoms with Crippen LogP contribution in [0, 0.1) is 6.07 Å². The molecule has 0 unspecified atom stereocenters. The molecule has 1 radical (unpaired) electrons. The molecule has 4 aromatic rings. The van der Waals surface area contributed by atoms with Crippen LogP contribution in [0.2, 0.25) is 0 Å². The third-order valence-electron chi connectivity index (χ3n) is 4.09. The molecule has 0 aliphatic heterocycles. The van der Waals surface area contributed by atoms with Crippen LogP contribution in [0.1, 0.15) is 0 Å². The van der Waals surface area contributed by atoms with Gasteiger partial charge in [0.25, 0.3) is 0 Å². The molecule has 2 heteroatoms. The minimum absolute atomic E-state index is 0.865. The summed E-state index contributed by atoms with van der Waals surface area (Å²) in [5.41, 5.74) is 4.74. The zero-order chi connectivity index (χ0) is 15.6. The fourth-order valence-corrected chi connectivity index (χ4v) is 2.93. The lowest BCUT2D eigenvalue weighted by Gasteiger charge is -2.06. The second-order valence-corrected chi connectivity index (χ2v) is 5.42. The van der Waals surface area contributed by atoms with E-state index in [1.165, 1.54) is 22.0 Å². The van der Waals surface area contributed by atoms with E-state index in [1.807, 2.05) is 24.3 Å². The fourth-order valence-electron chi connectivity index (χ4n) is 2.93. The Hall–Kier alpha value is -3.00. The topological polar surface area (TPSA) is 14.2 Å². The first-order valence-corrected chi connectivity index (χ1v) is 7.58. The van der Waals surface area contributed by atoms with Gasteiger partial charge in [-0.05, 0) is 42.0 Å². The molecule has 0 N–H and O–H groups in total. The van der Waals surface area contributed by atoms with E-state index in [9.17, 15) is 0 Å². The third kappa shape index (κ3) is 2.38. The summed E-state index contributed by atoms with van der Waals surface area (Å²) < 4.78 is 7.48. The Morgan fingerprint density at radius 2 is 1.61 bits per heavy atom. The Labute approximate surface area is 135 Å². The number of ether oxygens (including phenoxy) is 1. The standard InChI is InChI=1S/C21H16NO/c1-23-18-13-11-17(12-14-18)22-15-20(16-7-3-2-4-8-16)19-9-5-6-10-21(19)22/h3-15H,1H3. The molecule has 0 bridgehead atoms. The first-order valence-electron chi connectivity index (χ1n) is 7.58. The van der Waals surface area contributed by atoms with Crippen molar-refractivity contribution >= 4 is 10.9 Å². The highest BCUT2D eigenvalue weighted by Gasteiger charge is 2.10. The van der Waals surface area contributed by atoms with Crippen molar-refractivity contribution < 1.29 is 4.74 Å². The average Bonchev–Trinajstić information content (AvgIpc) is 3.02. The van der Waals surface area contributed by atoms with Crippen LogP contribution >= 0.6 is 0 Å². The molecule has 0 aliphatic carbocycles. The van der Waals surface area contributed by atoms with E-state index in [0.29, 0.717) is 0 Å². The van der Waals surface area contributed by atoms with E-state index in [1.54, 1.807) is 7.11 Å². The highest BCUT2D eigenvalue weighted by Crippen LogP contribution is 2.32. The minimum atomic E-state index is 0.865. The van der Waals surface area contributed by atoms with Crippen molar-refractivity contribution in [3.05, 3.63) is 85.1 Å². The Morgan fingerprint density at radius 3 is 2.35 bits per heavy atom. The summed E-state index contributed by atoms with van der Waals surface area (Å²) in [5.74, 6) is 0.865. The molecular weight excluding hydrogens is 282 g/mol. The Bertz CT molecular complexity index is 937. The quantitative estimate of drug-likeness (QED) is 0.513. The van der Waals surface area contributed by atoms with Gasteiger partial charge in [-0.2, -0.15) is 0 Å². The van der Waals surface area contributed by atoms with Gasteiger partial charge in [0, 0.05) is 22.8 Å². The van der Waals surface area contributed by atoms with Crippen LogP contribution in [-0.2, 0) is 0 Å². The van der Waals surface area contributed by atoms with Gasteiger partial charge in [0.2, 0.25) is 0 Å². The van der Waals surface area contributed by atoms with Crippen LogP contribution in [-0.4, -0.2) is 11.7 Å². The molecule has 0 spiro atoms. The van der Waals surface area contributed by atoms with Gasteiger partial charge in [0.05, 0.1) is 12.6 Å². The van der Waals surface area contributed by atoms with Gasteiger partial charge in [-0.15, -0.1) is 0 Å². The summed E-state index contributed by atoms with van der Waals surface area (Å²) in [6, 6.07) is 27.8. The number of hydrogen-bond donors (Lipinski definition) is 0. The molecule has 2 nitrogen and oxygen atoms in total. The van der Waals surface area contributed by atoms with Gasteiger partial charge < -0.3 is 9.30 Å². The number of rotatable bonds is 3. The van der Waals surface area contributed by atoms with Gasteiger partial charge >= 0.3 is 0 Å². The van der Waals surface area contributed by atoms with Crippen LogP contribution in [0.4, 0.5) is 0 Å². The summed E-state index contributed by atoms with van der Waals surface area (Å²) in [4.78, 5) is 0. The summed E-state index contributed by atoms with van der Waals surface area (Å²) >= 11 is 0. The van der Waals surface area contributed by atoms with Gasteiger partial charge in [0.1, 0.15) is 5.75 Å². The van der Waals surface area contributed by atoms with E-state index < -0.39 is 0 Å². The van der Waals surface area contributed by atoms with Gasteiger partial charge in [-0.3, -0.25) is 0 Å². The lowest BCUT2D eigenvalue weighted by atomic mass is 10.1. The molecule has 0 amide bonds. The van der Waals surface area contributed by atoms with Crippen molar-refractivity contribution in [1.82, 2.24) is 4.57 Å². The summed E-state index contributed by atoms with van der Waals surface area (Å²) in [6.07, 6.45) is 2.20. The van der Waals surface area contributed by atoms with E-state index >= 15 is 0 Å². The average molecular weight is 298 g/mol. The molecule has 1 aromatic heterocycles. The van der Waals surface area contributed by atoms with Gasteiger partial charge in [0.15, 0.2) is 0 Å². The van der Waals surface area contributed by atoms with Crippen molar-refractivity contribution in [2.24, 2.45) is 0 Å². The van der Waals surface area contributed by atoms with Crippen LogP contribution in [0.5, 0.6) is 5.75 Å². The van der Waals surface area contributed by atoms with E-state index in [4.69, 9.17) is 4.74 Å². The zero-order valence-electron chi connectivity index (χ0n) is 12.9. The van der Waals surface area contributed by atoms with Crippen molar-refractivity contribution in [1.29, 1.82) is 0 Å². The van der Waals surface area contributed by atoms with E-state index in [0.717, 1.165) is 11.4 Å². The molecule has 23 heavy (non-hydrogen) atoms. The SMILES string of the molecule is COc1ccc(-n2cc(-c3cc[c]cc3)c3ccccc32)cc1. The molecule has 0 aliphatic rings. The molecule has 0 fully saturated rings. The number of hydrogen-bond acceptors (Lipinski definition) is 1. The summed E-state index contributed by atoms with van der Waals surface area (Å²) in [6.45, 7) is 0. The smallest absolute Gasteiger partial charge is 0.119 e. The molecule has 1 heterocycles. The molecule has 0 atom stereocenters. The van der Waals surface area contributed by atoms with Gasteiger partial charge in [-0.25, -0.2) is 0 Å². The number of nitrogens with zero attached hydrogens (tertiary/aromatic N) is 1. The van der Waals surface area contributed by atoms with Crippen molar-refractivity contribution in [2.45, 2.75) is 0 Å². The number of para-hydroxylation sites is 1. The van der Waals surface area contributed by atoms with Crippen molar-refractivity contribution in [3.63, 3.8) is 0 Å². The fraction of sp³-hybridized carbons (Fsp3) is 0.0476. The number of fused-ring (bicyclic) bond motifs is 1. The molecule has 111 valence electrons. The predicted octanol–water partition coefficient (Wildman–Crippen LogP) is 5.11. The molecule has 0 saturated heterocycles. The Morgan fingerprint density at radius 1 is 0.870 bits per heavy atom. The van der Waals surface area contributed by atoms with Crippen molar-refractivity contribution in [3.8, 4) is 22.6 Å². The zero-order valence-corrected chi connectivity index (χ0v) is 12.9.